The zero-order chi connectivity index (χ0) is 17.1. The first-order chi connectivity index (χ1) is 10.9. The molecule has 1 aliphatic rings. The highest BCUT2D eigenvalue weighted by molar-refractivity contribution is 9.10. The fraction of sp³-hybridized carbons (Fsp3) is 0.214. The number of thioether (sulfide) groups is 1. The number of phenols is 1. The van der Waals surface area contributed by atoms with Crippen LogP contribution in [0.4, 0.5) is 4.79 Å². The summed E-state index contributed by atoms with van der Waals surface area (Å²) >= 11 is 3.95. The van der Waals surface area contributed by atoms with Gasteiger partial charge < -0.3 is 14.6 Å². The summed E-state index contributed by atoms with van der Waals surface area (Å²) in [6.45, 7) is -0.452. The van der Waals surface area contributed by atoms with Crippen molar-refractivity contribution in [3.05, 3.63) is 27.1 Å². The van der Waals surface area contributed by atoms with Crippen LogP contribution in [-0.4, -0.2) is 47.9 Å². The van der Waals surface area contributed by atoms with Crippen molar-refractivity contribution in [1.29, 1.82) is 0 Å². The van der Waals surface area contributed by atoms with E-state index in [0.29, 0.717) is 21.8 Å². The zero-order valence-corrected chi connectivity index (χ0v) is 14.6. The van der Waals surface area contributed by atoms with Crippen LogP contribution in [0.2, 0.25) is 0 Å². The lowest BCUT2D eigenvalue weighted by Gasteiger charge is -2.10. The number of phenolic OH excluding ortho intramolecular Hbond substituents is 1. The fourth-order valence-electron chi connectivity index (χ4n) is 1.83. The Kier molecular flexibility index (Phi) is 5.32. The molecule has 122 valence electrons. The van der Waals surface area contributed by atoms with E-state index >= 15 is 0 Å². The number of rotatable bonds is 4. The Hall–Kier alpha value is -2.00. The molecule has 1 N–H and O–H groups in total. The third-order valence-corrected chi connectivity index (χ3v) is 4.33. The van der Waals surface area contributed by atoms with E-state index in [0.717, 1.165) is 4.90 Å². The predicted octanol–water partition coefficient (Wildman–Crippen LogP) is 2.37. The average molecular weight is 402 g/mol. The monoisotopic (exact) mass is 401 g/mol. The molecular formula is C14H12BrNO6S. The molecule has 23 heavy (non-hydrogen) atoms. The molecule has 9 heteroatoms. The topological polar surface area (TPSA) is 93.1 Å². The quantitative estimate of drug-likeness (QED) is 0.611. The summed E-state index contributed by atoms with van der Waals surface area (Å²) < 4.78 is 10.1. The summed E-state index contributed by atoms with van der Waals surface area (Å²) in [5, 5.41) is 9.52. The van der Waals surface area contributed by atoms with E-state index in [2.05, 4.69) is 20.7 Å². The number of aromatic hydroxyl groups is 1. The minimum Gasteiger partial charge on any atom is -0.504 e. The third-order valence-electron chi connectivity index (χ3n) is 2.96. The predicted molar refractivity (Wildman–Crippen MR) is 87.1 cm³/mol. The van der Waals surface area contributed by atoms with Crippen molar-refractivity contribution in [3.8, 4) is 11.5 Å². The largest absolute Gasteiger partial charge is 0.504 e. The fourth-order valence-corrected chi connectivity index (χ4v) is 3.11. The molecule has 0 aromatic heterocycles. The van der Waals surface area contributed by atoms with E-state index in [-0.39, 0.29) is 16.4 Å². The first-order valence-electron chi connectivity index (χ1n) is 6.26. The minimum atomic E-state index is -0.694. The van der Waals surface area contributed by atoms with Gasteiger partial charge in [0.1, 0.15) is 6.54 Å². The van der Waals surface area contributed by atoms with Gasteiger partial charge in [-0.25, -0.2) is 0 Å². The Labute approximate surface area is 144 Å². The van der Waals surface area contributed by atoms with Crippen LogP contribution in [-0.2, 0) is 14.3 Å². The van der Waals surface area contributed by atoms with Gasteiger partial charge in [0.2, 0.25) is 0 Å². The SMILES string of the molecule is COC(=O)CN1C(=O)S/C(=C/c2cc(Br)cc(OC)c2O)C1=O. The van der Waals surface area contributed by atoms with E-state index in [9.17, 15) is 19.5 Å². The molecule has 0 spiro atoms. The smallest absolute Gasteiger partial charge is 0.325 e. The number of imide groups is 1. The molecule has 2 rings (SSSR count). The van der Waals surface area contributed by atoms with Crippen molar-refractivity contribution in [2.24, 2.45) is 0 Å². The molecule has 1 aromatic carbocycles. The Morgan fingerprint density at radius 2 is 2.09 bits per heavy atom. The van der Waals surface area contributed by atoms with Crippen molar-refractivity contribution in [2.45, 2.75) is 0 Å². The molecule has 0 radical (unpaired) electrons. The lowest BCUT2D eigenvalue weighted by atomic mass is 10.1. The maximum Gasteiger partial charge on any atom is 0.325 e. The Morgan fingerprint density at radius 1 is 1.39 bits per heavy atom. The Bertz CT molecular complexity index is 717. The van der Waals surface area contributed by atoms with Crippen LogP contribution in [0.1, 0.15) is 5.56 Å². The second-order valence-electron chi connectivity index (χ2n) is 4.39. The van der Waals surface area contributed by atoms with Gasteiger partial charge >= 0.3 is 5.97 Å². The van der Waals surface area contributed by atoms with Crippen molar-refractivity contribution in [3.63, 3.8) is 0 Å². The molecule has 1 fully saturated rings. The summed E-state index contributed by atoms with van der Waals surface area (Å²) in [5.41, 5.74) is 0.305. The number of ether oxygens (including phenoxy) is 2. The van der Waals surface area contributed by atoms with Gasteiger partial charge in [-0.1, -0.05) is 15.9 Å². The van der Waals surface area contributed by atoms with Crippen molar-refractivity contribution < 1.29 is 29.0 Å². The van der Waals surface area contributed by atoms with Gasteiger partial charge in [-0.2, -0.15) is 0 Å². The lowest BCUT2D eigenvalue weighted by molar-refractivity contribution is -0.143. The van der Waals surface area contributed by atoms with Crippen LogP contribution in [0.3, 0.4) is 0 Å². The van der Waals surface area contributed by atoms with E-state index in [1.165, 1.54) is 20.3 Å². The van der Waals surface area contributed by atoms with E-state index in [4.69, 9.17) is 4.74 Å². The van der Waals surface area contributed by atoms with Gasteiger partial charge in [0.25, 0.3) is 11.1 Å². The van der Waals surface area contributed by atoms with Gasteiger partial charge in [-0.15, -0.1) is 0 Å². The van der Waals surface area contributed by atoms with E-state index in [1.807, 2.05) is 0 Å². The van der Waals surface area contributed by atoms with Gasteiger partial charge in [0.15, 0.2) is 11.5 Å². The number of benzene rings is 1. The molecule has 1 aliphatic heterocycles. The first kappa shape index (κ1) is 17.4. The standard InChI is InChI=1S/C14H12BrNO6S/c1-21-9-5-8(15)3-7(12(9)18)4-10-13(19)16(14(20)23-10)6-11(17)22-2/h3-5,18H,6H2,1-2H3/b10-4+. The minimum absolute atomic E-state index is 0.0920. The molecule has 2 amide bonds. The van der Waals surface area contributed by atoms with Crippen LogP contribution in [0.5, 0.6) is 11.5 Å². The summed E-state index contributed by atoms with van der Waals surface area (Å²) in [7, 11) is 2.57. The highest BCUT2D eigenvalue weighted by Gasteiger charge is 2.36. The number of carbonyl (C=O) groups excluding carboxylic acids is 3. The highest BCUT2D eigenvalue weighted by atomic mass is 79.9. The number of methoxy groups -OCH3 is 2. The number of hydrogen-bond acceptors (Lipinski definition) is 7. The molecule has 0 bridgehead atoms. The van der Waals surface area contributed by atoms with Gasteiger partial charge in [-0.05, 0) is 30.0 Å². The number of hydrogen-bond donors (Lipinski definition) is 1. The first-order valence-corrected chi connectivity index (χ1v) is 7.87. The van der Waals surface area contributed by atoms with Crippen LogP contribution < -0.4 is 4.74 Å². The zero-order valence-electron chi connectivity index (χ0n) is 12.2. The number of halogens is 1. The summed E-state index contributed by atoms with van der Waals surface area (Å²) in [6.07, 6.45) is 1.37. The second kappa shape index (κ2) is 7.05. The van der Waals surface area contributed by atoms with Crippen molar-refractivity contribution >= 4 is 50.9 Å². The van der Waals surface area contributed by atoms with Gasteiger partial charge in [0.05, 0.1) is 19.1 Å². The van der Waals surface area contributed by atoms with Crippen molar-refractivity contribution in [2.75, 3.05) is 20.8 Å². The number of nitrogens with zero attached hydrogens (tertiary/aromatic N) is 1. The van der Waals surface area contributed by atoms with Crippen LogP contribution >= 0.6 is 27.7 Å². The normalized spacial score (nSPS) is 16.1. The van der Waals surface area contributed by atoms with E-state index in [1.54, 1.807) is 12.1 Å². The van der Waals surface area contributed by atoms with Crippen molar-refractivity contribution in [1.82, 2.24) is 4.90 Å². The summed E-state index contributed by atoms with van der Waals surface area (Å²) in [5.74, 6) is -1.25. The molecule has 0 unspecified atom stereocenters. The molecule has 0 atom stereocenters. The molecular weight excluding hydrogens is 390 g/mol. The molecule has 7 nitrogen and oxygen atoms in total. The Balaban J connectivity index is 2.34. The molecule has 0 saturated carbocycles. The molecule has 1 heterocycles. The molecule has 1 saturated heterocycles. The molecule has 1 aromatic rings. The van der Waals surface area contributed by atoms with Crippen LogP contribution in [0.25, 0.3) is 6.08 Å². The number of amides is 2. The Morgan fingerprint density at radius 3 is 2.70 bits per heavy atom. The molecule has 0 aliphatic carbocycles. The van der Waals surface area contributed by atoms with Gasteiger partial charge in [-0.3, -0.25) is 19.3 Å². The maximum atomic E-state index is 12.2. The average Bonchev–Trinajstić information content (AvgIpc) is 2.77. The lowest BCUT2D eigenvalue weighted by Crippen LogP contribution is -2.34. The number of carbonyl (C=O) groups is 3. The summed E-state index contributed by atoms with van der Waals surface area (Å²) in [4.78, 5) is 36.2. The van der Waals surface area contributed by atoms with E-state index < -0.39 is 23.7 Å². The highest BCUT2D eigenvalue weighted by Crippen LogP contribution is 2.38. The van der Waals surface area contributed by atoms with Crippen LogP contribution in [0.15, 0.2) is 21.5 Å². The third kappa shape index (κ3) is 3.67. The number of esters is 1. The summed E-state index contributed by atoms with van der Waals surface area (Å²) in [6, 6.07) is 3.14. The second-order valence-corrected chi connectivity index (χ2v) is 6.30. The van der Waals surface area contributed by atoms with Crippen LogP contribution in [0, 0.1) is 0 Å². The van der Waals surface area contributed by atoms with Gasteiger partial charge in [0, 0.05) is 10.0 Å². The maximum absolute atomic E-state index is 12.2.